The van der Waals surface area contributed by atoms with E-state index in [-0.39, 0.29) is 35.4 Å². The zero-order valence-electron chi connectivity index (χ0n) is 18.8. The first-order valence-electron chi connectivity index (χ1n) is 11.2. The van der Waals surface area contributed by atoms with Gasteiger partial charge in [0.25, 0.3) is 0 Å². The highest BCUT2D eigenvalue weighted by molar-refractivity contribution is 7.89. The number of anilines is 2. The molecule has 0 aliphatic carbocycles. The van der Waals surface area contributed by atoms with E-state index in [1.807, 2.05) is 42.3 Å². The van der Waals surface area contributed by atoms with Crippen LogP contribution in [0, 0.1) is 17.2 Å². The molecule has 2 aliphatic heterocycles. The maximum Gasteiger partial charge on any atom is 0.244 e. The molecule has 2 aromatic carbocycles. The Balaban J connectivity index is 1.36. The van der Waals surface area contributed by atoms with Crippen molar-refractivity contribution in [3.05, 3.63) is 54.1 Å². The van der Waals surface area contributed by atoms with E-state index in [1.54, 1.807) is 17.0 Å². The molecule has 3 heterocycles. The van der Waals surface area contributed by atoms with Crippen molar-refractivity contribution >= 4 is 38.6 Å². The summed E-state index contributed by atoms with van der Waals surface area (Å²) in [5.74, 6) is 0.873. The molecule has 174 valence electrons. The van der Waals surface area contributed by atoms with Crippen LogP contribution in [0.15, 0.2) is 53.4 Å². The molecule has 0 bridgehead atoms. The number of fused-ring (bicyclic) bond motifs is 2. The number of nitrogens with zero attached hydrogens (tertiary/aromatic N) is 6. The molecule has 34 heavy (non-hydrogen) atoms. The average Bonchev–Trinajstić information content (AvgIpc) is 2.87. The second kappa shape index (κ2) is 8.66. The van der Waals surface area contributed by atoms with Crippen LogP contribution in [0.25, 0.3) is 11.0 Å². The maximum absolute atomic E-state index is 13.5. The minimum Gasteiger partial charge on any atom is -0.355 e. The number of rotatable bonds is 3. The van der Waals surface area contributed by atoms with E-state index in [4.69, 9.17) is 9.97 Å². The summed E-state index contributed by atoms with van der Waals surface area (Å²) < 4.78 is 27.6. The number of sulfonamides is 1. The Morgan fingerprint density at radius 2 is 1.56 bits per heavy atom. The second-order valence-electron chi connectivity index (χ2n) is 8.56. The number of carbonyl (C=O) groups excluding carboxylic acids is 1. The molecule has 9 nitrogen and oxygen atoms in total. The monoisotopic (exact) mass is 476 g/mol. The van der Waals surface area contributed by atoms with Crippen LogP contribution in [0.4, 0.5) is 11.6 Å². The highest BCUT2D eigenvalue weighted by Gasteiger charge is 2.37. The lowest BCUT2D eigenvalue weighted by atomic mass is 9.96. The fourth-order valence-corrected chi connectivity index (χ4v) is 6.19. The van der Waals surface area contributed by atoms with Gasteiger partial charge in [-0.3, -0.25) is 9.69 Å². The lowest BCUT2D eigenvalue weighted by Gasteiger charge is -2.37. The highest BCUT2D eigenvalue weighted by Crippen LogP contribution is 2.33. The van der Waals surface area contributed by atoms with Gasteiger partial charge in [0, 0.05) is 39.1 Å². The average molecular weight is 477 g/mol. The van der Waals surface area contributed by atoms with Crippen LogP contribution < -0.4 is 9.80 Å². The molecule has 2 aliphatic rings. The van der Waals surface area contributed by atoms with E-state index in [9.17, 15) is 18.5 Å². The third-order valence-corrected chi connectivity index (χ3v) is 8.46. The third-order valence-electron chi connectivity index (χ3n) is 6.51. The van der Waals surface area contributed by atoms with Gasteiger partial charge in [0.15, 0.2) is 11.6 Å². The Kier molecular flexibility index (Phi) is 5.67. The number of benzene rings is 2. The van der Waals surface area contributed by atoms with E-state index >= 15 is 0 Å². The van der Waals surface area contributed by atoms with Crippen molar-refractivity contribution in [2.24, 2.45) is 5.92 Å². The molecule has 0 spiro atoms. The van der Waals surface area contributed by atoms with Gasteiger partial charge in [-0.1, -0.05) is 24.3 Å². The van der Waals surface area contributed by atoms with Gasteiger partial charge in [-0.2, -0.15) is 9.57 Å². The highest BCUT2D eigenvalue weighted by atomic mass is 32.2. The molecule has 1 saturated heterocycles. The smallest absolute Gasteiger partial charge is 0.244 e. The Hall–Kier alpha value is -3.55. The SMILES string of the molecule is CN1CCN(C(=O)C2CCN(S(=O)(=O)c3ccccc3C#N)CC2)c2nc3ccccc3nc21. The van der Waals surface area contributed by atoms with Crippen LogP contribution in [0.2, 0.25) is 0 Å². The predicted octanol–water partition coefficient (Wildman–Crippen LogP) is 2.39. The normalized spacial score (nSPS) is 17.4. The van der Waals surface area contributed by atoms with Gasteiger partial charge < -0.3 is 4.90 Å². The first-order valence-corrected chi connectivity index (χ1v) is 12.6. The maximum atomic E-state index is 13.5. The number of nitriles is 1. The molecule has 5 rings (SSSR count). The van der Waals surface area contributed by atoms with Crippen molar-refractivity contribution in [1.82, 2.24) is 14.3 Å². The number of amides is 1. The topological polar surface area (TPSA) is 110 Å². The summed E-state index contributed by atoms with van der Waals surface area (Å²) in [7, 11) is -1.87. The Morgan fingerprint density at radius 3 is 2.24 bits per heavy atom. The zero-order chi connectivity index (χ0) is 23.9. The van der Waals surface area contributed by atoms with Gasteiger partial charge in [0.1, 0.15) is 6.07 Å². The number of para-hydroxylation sites is 2. The van der Waals surface area contributed by atoms with E-state index < -0.39 is 10.0 Å². The summed E-state index contributed by atoms with van der Waals surface area (Å²) >= 11 is 0. The molecule has 1 aromatic heterocycles. The molecule has 1 fully saturated rings. The number of likely N-dealkylation sites (N-methyl/N-ethyl adjacent to an activating group) is 1. The van der Waals surface area contributed by atoms with Gasteiger partial charge in [-0.05, 0) is 37.1 Å². The van der Waals surface area contributed by atoms with E-state index in [2.05, 4.69) is 0 Å². The number of aromatic nitrogens is 2. The summed E-state index contributed by atoms with van der Waals surface area (Å²) in [6.07, 6.45) is 0.824. The Bertz CT molecular complexity index is 1410. The lowest BCUT2D eigenvalue weighted by Crippen LogP contribution is -2.49. The summed E-state index contributed by atoms with van der Waals surface area (Å²) in [5.41, 5.74) is 1.63. The fourth-order valence-electron chi connectivity index (χ4n) is 4.58. The van der Waals surface area contributed by atoms with Crippen molar-refractivity contribution < 1.29 is 13.2 Å². The summed E-state index contributed by atoms with van der Waals surface area (Å²) in [4.78, 5) is 26.7. The molecule has 0 N–H and O–H groups in total. The standard InChI is InChI=1S/C24H24N6O3S/c1-28-14-15-30(23-22(28)26-19-7-3-4-8-20(19)27-23)24(31)17-10-12-29(13-11-17)34(32,33)21-9-5-2-6-18(21)16-25/h2-9,17H,10-15H2,1H3. The van der Waals surface area contributed by atoms with Crippen LogP contribution in [-0.4, -0.2) is 61.8 Å². The number of hydrogen-bond acceptors (Lipinski definition) is 7. The first-order chi connectivity index (χ1) is 16.4. The first kappa shape index (κ1) is 22.3. The van der Waals surface area contributed by atoms with Crippen LogP contribution in [0.3, 0.4) is 0 Å². The summed E-state index contributed by atoms with van der Waals surface area (Å²) in [6.45, 7) is 1.60. The van der Waals surface area contributed by atoms with Gasteiger partial charge in [0.2, 0.25) is 15.9 Å². The largest absolute Gasteiger partial charge is 0.355 e. The Morgan fingerprint density at radius 1 is 0.941 bits per heavy atom. The minimum atomic E-state index is -3.80. The molecule has 1 amide bonds. The van der Waals surface area contributed by atoms with Crippen molar-refractivity contribution in [2.45, 2.75) is 17.7 Å². The summed E-state index contributed by atoms with van der Waals surface area (Å²) in [5, 5.41) is 9.31. The minimum absolute atomic E-state index is 0.0115. The van der Waals surface area contributed by atoms with Gasteiger partial charge in [-0.25, -0.2) is 18.4 Å². The third kappa shape index (κ3) is 3.77. The van der Waals surface area contributed by atoms with Crippen molar-refractivity contribution in [3.63, 3.8) is 0 Å². The van der Waals surface area contributed by atoms with Crippen molar-refractivity contribution in [3.8, 4) is 6.07 Å². The van der Waals surface area contributed by atoms with E-state index in [0.717, 1.165) is 11.0 Å². The molecule has 0 atom stereocenters. The second-order valence-corrected chi connectivity index (χ2v) is 10.5. The molecule has 10 heteroatoms. The van der Waals surface area contributed by atoms with Crippen LogP contribution in [0.5, 0.6) is 0 Å². The quantitative estimate of drug-likeness (QED) is 0.571. The van der Waals surface area contributed by atoms with Crippen LogP contribution in [0.1, 0.15) is 18.4 Å². The molecular formula is C24H24N6O3S. The number of piperidine rings is 1. The van der Waals surface area contributed by atoms with Crippen molar-refractivity contribution in [2.75, 3.05) is 43.0 Å². The predicted molar refractivity (Wildman–Crippen MR) is 128 cm³/mol. The molecule has 0 radical (unpaired) electrons. The molecule has 3 aromatic rings. The van der Waals surface area contributed by atoms with Crippen molar-refractivity contribution in [1.29, 1.82) is 5.26 Å². The van der Waals surface area contributed by atoms with Crippen LogP contribution >= 0.6 is 0 Å². The fraction of sp³-hybridized carbons (Fsp3) is 0.333. The van der Waals surface area contributed by atoms with Gasteiger partial charge >= 0.3 is 0 Å². The summed E-state index contributed by atoms with van der Waals surface area (Å²) in [6, 6.07) is 15.7. The lowest BCUT2D eigenvalue weighted by molar-refractivity contribution is -0.123. The van der Waals surface area contributed by atoms with Gasteiger partial charge in [-0.15, -0.1) is 0 Å². The number of carbonyl (C=O) groups is 1. The zero-order valence-corrected chi connectivity index (χ0v) is 19.6. The number of hydrogen-bond donors (Lipinski definition) is 0. The van der Waals surface area contributed by atoms with Crippen LogP contribution in [-0.2, 0) is 14.8 Å². The molecule has 0 saturated carbocycles. The molecular weight excluding hydrogens is 452 g/mol. The Labute approximate surface area is 198 Å². The van der Waals surface area contributed by atoms with E-state index in [0.29, 0.717) is 37.6 Å². The van der Waals surface area contributed by atoms with E-state index in [1.165, 1.54) is 16.4 Å². The van der Waals surface area contributed by atoms with Gasteiger partial charge in [0.05, 0.1) is 21.5 Å². The molecule has 0 unspecified atom stereocenters.